The first-order valence-corrected chi connectivity index (χ1v) is 7.93. The van der Waals surface area contributed by atoms with E-state index >= 15 is 0 Å². The Labute approximate surface area is 134 Å². The second-order valence-electron chi connectivity index (χ2n) is 5.05. The van der Waals surface area contributed by atoms with E-state index in [1.165, 1.54) is 11.3 Å². The molecule has 3 nitrogen and oxygen atoms in total. The molecule has 0 N–H and O–H groups in total. The summed E-state index contributed by atoms with van der Waals surface area (Å²) < 4.78 is 5.39. The van der Waals surface area contributed by atoms with Crippen LogP contribution in [-0.2, 0) is 4.74 Å². The minimum Gasteiger partial charge on any atom is -0.378 e. The van der Waals surface area contributed by atoms with Crippen LogP contribution in [0.5, 0.6) is 0 Å². The maximum Gasteiger partial charge on any atom is 0.0661 e. The second-order valence-corrected chi connectivity index (χ2v) is 5.45. The average Bonchev–Trinajstić information content (AvgIpc) is 2.52. The van der Waals surface area contributed by atoms with Crippen LogP contribution < -0.4 is 0 Å². The molecule has 0 unspecified atom stereocenters. The Bertz CT molecular complexity index is 467. The quantitative estimate of drug-likeness (QED) is 0.749. The van der Waals surface area contributed by atoms with Crippen LogP contribution in [0.4, 0.5) is 0 Å². The Morgan fingerprint density at radius 3 is 2.29 bits per heavy atom. The van der Waals surface area contributed by atoms with Crippen molar-refractivity contribution in [1.29, 1.82) is 0 Å². The predicted octanol–water partition coefficient (Wildman–Crippen LogP) is 4.45. The van der Waals surface area contributed by atoms with Crippen LogP contribution in [0.25, 0.3) is 0 Å². The Morgan fingerprint density at radius 1 is 1.19 bits per heavy atom. The molecule has 21 heavy (non-hydrogen) atoms. The van der Waals surface area contributed by atoms with Crippen molar-refractivity contribution >= 4 is 11.6 Å². The van der Waals surface area contributed by atoms with E-state index in [1.54, 1.807) is 0 Å². The van der Waals surface area contributed by atoms with E-state index in [9.17, 15) is 0 Å². The lowest BCUT2D eigenvalue weighted by Gasteiger charge is -2.35. The van der Waals surface area contributed by atoms with Gasteiger partial charge in [0.05, 0.1) is 29.6 Å². The van der Waals surface area contributed by atoms with Gasteiger partial charge in [0.1, 0.15) is 0 Å². The van der Waals surface area contributed by atoms with Gasteiger partial charge < -0.3 is 14.5 Å². The number of halogens is 1. The number of hydrogen-bond acceptors (Lipinski definition) is 3. The fraction of sp³-hybridized carbons (Fsp3) is 0.529. The van der Waals surface area contributed by atoms with Gasteiger partial charge in [-0.25, -0.2) is 0 Å². The van der Waals surface area contributed by atoms with Crippen LogP contribution in [0.2, 0.25) is 0 Å². The summed E-state index contributed by atoms with van der Waals surface area (Å²) in [4.78, 5) is 4.37. The van der Waals surface area contributed by atoms with E-state index in [2.05, 4.69) is 43.3 Å². The van der Waals surface area contributed by atoms with Crippen LogP contribution in [0.1, 0.15) is 34.6 Å². The molecule has 2 rings (SSSR count). The van der Waals surface area contributed by atoms with E-state index in [-0.39, 0.29) is 0 Å². The molecule has 118 valence electrons. The highest BCUT2D eigenvalue weighted by molar-refractivity contribution is 6.32. The lowest BCUT2D eigenvalue weighted by atomic mass is 10.1. The SMILES string of the molecule is C=C1C(Cl)=CC(N2CCOCC2)=CN1C(C)=C(C)C.CC. The molecule has 4 heteroatoms. The second kappa shape index (κ2) is 8.30. The molecule has 0 aromatic heterocycles. The third-order valence-electron chi connectivity index (χ3n) is 3.56. The largest absolute Gasteiger partial charge is 0.378 e. The molecule has 2 aliphatic rings. The van der Waals surface area contributed by atoms with Crippen molar-refractivity contribution in [2.45, 2.75) is 34.6 Å². The van der Waals surface area contributed by atoms with Gasteiger partial charge in [-0.2, -0.15) is 0 Å². The smallest absolute Gasteiger partial charge is 0.0661 e. The number of rotatable bonds is 2. The Hall–Kier alpha value is -1.19. The van der Waals surface area contributed by atoms with Crippen molar-refractivity contribution in [2.75, 3.05) is 26.3 Å². The minimum absolute atomic E-state index is 0.699. The molecule has 0 bridgehead atoms. The van der Waals surface area contributed by atoms with Crippen molar-refractivity contribution in [1.82, 2.24) is 9.80 Å². The van der Waals surface area contributed by atoms with E-state index in [1.807, 2.05) is 19.9 Å². The first-order chi connectivity index (χ1) is 10.0. The molecule has 0 aromatic rings. The summed E-state index contributed by atoms with van der Waals surface area (Å²) in [6.45, 7) is 17.7. The van der Waals surface area contributed by atoms with Gasteiger partial charge in [0.2, 0.25) is 0 Å². The number of nitrogens with zero attached hydrogens (tertiary/aromatic N) is 2. The van der Waals surface area contributed by atoms with Gasteiger partial charge in [0.25, 0.3) is 0 Å². The van der Waals surface area contributed by atoms with Crippen molar-refractivity contribution in [3.8, 4) is 0 Å². The zero-order valence-electron chi connectivity index (χ0n) is 13.9. The summed E-state index contributed by atoms with van der Waals surface area (Å²) in [5.74, 6) is 0. The molecule has 0 spiro atoms. The number of allylic oxidation sites excluding steroid dienone is 4. The minimum atomic E-state index is 0.699. The van der Waals surface area contributed by atoms with Gasteiger partial charge in [-0.1, -0.05) is 37.6 Å². The maximum absolute atomic E-state index is 6.32. The summed E-state index contributed by atoms with van der Waals surface area (Å²) in [6.07, 6.45) is 4.10. The predicted molar refractivity (Wildman–Crippen MR) is 90.8 cm³/mol. The van der Waals surface area contributed by atoms with Gasteiger partial charge in [-0.05, 0) is 26.8 Å². The first-order valence-electron chi connectivity index (χ1n) is 7.55. The molecule has 0 saturated carbocycles. The standard InChI is InChI=1S/C15H21ClN2O.C2H6/c1-11(2)12(3)18-10-14(9-15(16)13(18)4)17-5-7-19-8-6-17;1-2/h9-10H,4-8H2,1-3H3;1-2H3. The van der Waals surface area contributed by atoms with Crippen LogP contribution in [0.3, 0.4) is 0 Å². The van der Waals surface area contributed by atoms with E-state index < -0.39 is 0 Å². The molecule has 0 amide bonds. The zero-order valence-corrected chi connectivity index (χ0v) is 14.6. The van der Waals surface area contributed by atoms with Crippen LogP contribution in [0, 0.1) is 0 Å². The normalized spacial score (nSPS) is 18.5. The fourth-order valence-electron chi connectivity index (χ4n) is 2.11. The Balaban J connectivity index is 0.00000106. The summed E-state index contributed by atoms with van der Waals surface area (Å²) in [6, 6.07) is 0. The Kier molecular flexibility index (Phi) is 7.06. The van der Waals surface area contributed by atoms with Gasteiger partial charge >= 0.3 is 0 Å². The van der Waals surface area contributed by atoms with Crippen LogP contribution in [0.15, 0.2) is 46.6 Å². The number of ether oxygens (including phenoxy) is 1. The lowest BCUT2D eigenvalue weighted by Crippen LogP contribution is -2.36. The highest BCUT2D eigenvalue weighted by Gasteiger charge is 2.21. The number of hydrogen-bond donors (Lipinski definition) is 0. The van der Waals surface area contributed by atoms with Crippen molar-refractivity contribution in [3.63, 3.8) is 0 Å². The Morgan fingerprint density at radius 2 is 1.76 bits per heavy atom. The molecule has 2 aliphatic heterocycles. The zero-order chi connectivity index (χ0) is 16.0. The molecule has 0 radical (unpaired) electrons. The highest BCUT2D eigenvalue weighted by Crippen LogP contribution is 2.31. The van der Waals surface area contributed by atoms with E-state index in [0.29, 0.717) is 5.03 Å². The molecular weight excluding hydrogens is 284 g/mol. The number of morpholine rings is 1. The van der Waals surface area contributed by atoms with E-state index in [0.717, 1.165) is 37.7 Å². The third kappa shape index (κ3) is 4.39. The summed E-state index contributed by atoms with van der Waals surface area (Å²) in [5, 5.41) is 0.699. The van der Waals surface area contributed by atoms with Crippen LogP contribution >= 0.6 is 11.6 Å². The molecule has 1 saturated heterocycles. The van der Waals surface area contributed by atoms with Crippen LogP contribution in [-0.4, -0.2) is 36.1 Å². The van der Waals surface area contributed by atoms with Crippen molar-refractivity contribution in [3.05, 3.63) is 46.6 Å². The first kappa shape index (κ1) is 17.9. The highest BCUT2D eigenvalue weighted by atomic mass is 35.5. The monoisotopic (exact) mass is 310 g/mol. The maximum atomic E-state index is 6.32. The fourth-order valence-corrected chi connectivity index (χ4v) is 2.31. The van der Waals surface area contributed by atoms with Gasteiger partial charge in [0.15, 0.2) is 0 Å². The molecular formula is C17H27ClN2O. The molecule has 0 aromatic carbocycles. The summed E-state index contributed by atoms with van der Waals surface area (Å²) in [7, 11) is 0. The topological polar surface area (TPSA) is 15.7 Å². The third-order valence-corrected chi connectivity index (χ3v) is 3.89. The molecule has 0 atom stereocenters. The van der Waals surface area contributed by atoms with Crippen molar-refractivity contribution in [2.24, 2.45) is 0 Å². The van der Waals surface area contributed by atoms with Gasteiger partial charge in [0, 0.05) is 25.0 Å². The van der Waals surface area contributed by atoms with E-state index in [4.69, 9.17) is 16.3 Å². The summed E-state index contributed by atoms with van der Waals surface area (Å²) in [5.41, 5.74) is 4.38. The molecule has 0 aliphatic carbocycles. The average molecular weight is 311 g/mol. The lowest BCUT2D eigenvalue weighted by molar-refractivity contribution is 0.0546. The molecule has 2 heterocycles. The van der Waals surface area contributed by atoms with Crippen molar-refractivity contribution < 1.29 is 4.74 Å². The molecule has 1 fully saturated rings. The summed E-state index contributed by atoms with van der Waals surface area (Å²) >= 11 is 6.32. The van der Waals surface area contributed by atoms with Gasteiger partial charge in [-0.3, -0.25) is 0 Å². The van der Waals surface area contributed by atoms with Gasteiger partial charge in [-0.15, -0.1) is 0 Å².